The third-order valence-corrected chi connectivity index (χ3v) is 4.88. The average Bonchev–Trinajstić information content (AvgIpc) is 2.66. The third kappa shape index (κ3) is 3.36. The number of rotatable bonds is 3. The van der Waals surface area contributed by atoms with Gasteiger partial charge in [-0.3, -0.25) is 5.32 Å². The van der Waals surface area contributed by atoms with Gasteiger partial charge in [-0.25, -0.2) is 4.79 Å². The van der Waals surface area contributed by atoms with E-state index in [0.29, 0.717) is 6.61 Å². The molecule has 0 saturated heterocycles. The lowest BCUT2D eigenvalue weighted by molar-refractivity contribution is 0.154. The average molecular weight is 331 g/mol. The molecule has 3 heteroatoms. The van der Waals surface area contributed by atoms with Crippen molar-refractivity contribution in [3.63, 3.8) is 0 Å². The second kappa shape index (κ2) is 6.98. The SMILES string of the molecule is O=C(Nc1cccc2ccccc12)OCc1cccc2c1CCCC2. The maximum absolute atomic E-state index is 12.3. The molecule has 0 fully saturated rings. The van der Waals surface area contributed by atoms with Crippen molar-refractivity contribution in [3.05, 3.63) is 77.4 Å². The molecule has 4 rings (SSSR count). The number of nitrogens with one attached hydrogen (secondary N) is 1. The Morgan fingerprint density at radius 3 is 2.68 bits per heavy atom. The molecule has 0 radical (unpaired) electrons. The summed E-state index contributed by atoms with van der Waals surface area (Å²) in [6, 6.07) is 20.2. The van der Waals surface area contributed by atoms with E-state index in [1.165, 1.54) is 24.0 Å². The van der Waals surface area contributed by atoms with Crippen molar-refractivity contribution in [3.8, 4) is 0 Å². The number of fused-ring (bicyclic) bond motifs is 2. The van der Waals surface area contributed by atoms with E-state index >= 15 is 0 Å². The highest BCUT2D eigenvalue weighted by Gasteiger charge is 2.14. The van der Waals surface area contributed by atoms with E-state index in [4.69, 9.17) is 4.74 Å². The Labute approximate surface area is 147 Å². The first-order valence-corrected chi connectivity index (χ1v) is 8.82. The Bertz CT molecular complexity index is 912. The summed E-state index contributed by atoms with van der Waals surface area (Å²) in [5.41, 5.74) is 4.68. The van der Waals surface area contributed by atoms with Crippen molar-refractivity contribution in [2.75, 3.05) is 5.32 Å². The molecule has 126 valence electrons. The Balaban J connectivity index is 1.46. The van der Waals surface area contributed by atoms with Crippen LogP contribution in [-0.2, 0) is 24.2 Å². The summed E-state index contributed by atoms with van der Waals surface area (Å²) in [5, 5.41) is 4.98. The van der Waals surface area contributed by atoms with Crippen LogP contribution >= 0.6 is 0 Å². The van der Waals surface area contributed by atoms with Crippen molar-refractivity contribution in [2.24, 2.45) is 0 Å². The molecule has 3 aromatic carbocycles. The van der Waals surface area contributed by atoms with E-state index in [9.17, 15) is 4.79 Å². The van der Waals surface area contributed by atoms with E-state index in [1.807, 2.05) is 42.5 Å². The number of aryl methyl sites for hydroxylation is 1. The first-order chi connectivity index (χ1) is 12.3. The minimum atomic E-state index is -0.412. The van der Waals surface area contributed by atoms with Gasteiger partial charge < -0.3 is 4.74 Å². The van der Waals surface area contributed by atoms with Crippen molar-refractivity contribution >= 4 is 22.6 Å². The number of anilines is 1. The lowest BCUT2D eigenvalue weighted by Crippen LogP contribution is -2.15. The Morgan fingerprint density at radius 1 is 0.920 bits per heavy atom. The predicted molar refractivity (Wildman–Crippen MR) is 101 cm³/mol. The largest absolute Gasteiger partial charge is 0.444 e. The highest BCUT2D eigenvalue weighted by atomic mass is 16.5. The van der Waals surface area contributed by atoms with Crippen LogP contribution in [0.15, 0.2) is 60.7 Å². The highest BCUT2D eigenvalue weighted by Crippen LogP contribution is 2.26. The quantitative estimate of drug-likeness (QED) is 0.691. The normalized spacial score (nSPS) is 13.3. The summed E-state index contributed by atoms with van der Waals surface area (Å²) in [6.45, 7) is 0.319. The number of hydrogen-bond acceptors (Lipinski definition) is 2. The molecule has 0 spiro atoms. The molecule has 0 aromatic heterocycles. The zero-order valence-corrected chi connectivity index (χ0v) is 14.1. The molecule has 0 aliphatic heterocycles. The molecule has 25 heavy (non-hydrogen) atoms. The maximum Gasteiger partial charge on any atom is 0.411 e. The molecule has 1 aliphatic carbocycles. The molecule has 1 aliphatic rings. The van der Waals surface area contributed by atoms with Crippen LogP contribution in [-0.4, -0.2) is 6.09 Å². The van der Waals surface area contributed by atoms with Gasteiger partial charge in [-0.05, 0) is 53.8 Å². The number of ether oxygens (including phenoxy) is 1. The summed E-state index contributed by atoms with van der Waals surface area (Å²) in [4.78, 5) is 12.3. The zero-order chi connectivity index (χ0) is 17.1. The molecule has 0 saturated carbocycles. The van der Waals surface area contributed by atoms with Crippen LogP contribution in [0.1, 0.15) is 29.5 Å². The predicted octanol–water partition coefficient (Wildman–Crippen LogP) is 5.47. The minimum Gasteiger partial charge on any atom is -0.444 e. The van der Waals surface area contributed by atoms with Crippen LogP contribution in [0.2, 0.25) is 0 Å². The van der Waals surface area contributed by atoms with Gasteiger partial charge >= 0.3 is 6.09 Å². The van der Waals surface area contributed by atoms with Crippen molar-refractivity contribution in [1.29, 1.82) is 0 Å². The third-order valence-electron chi connectivity index (χ3n) is 4.88. The van der Waals surface area contributed by atoms with Crippen molar-refractivity contribution in [2.45, 2.75) is 32.3 Å². The zero-order valence-electron chi connectivity index (χ0n) is 14.1. The van der Waals surface area contributed by atoms with Crippen LogP contribution in [0.4, 0.5) is 10.5 Å². The number of carbonyl (C=O) groups excluding carboxylic acids is 1. The van der Waals surface area contributed by atoms with Crippen LogP contribution in [0.3, 0.4) is 0 Å². The smallest absolute Gasteiger partial charge is 0.411 e. The number of carbonyl (C=O) groups is 1. The highest BCUT2D eigenvalue weighted by molar-refractivity contribution is 6.00. The van der Waals surface area contributed by atoms with Gasteiger partial charge in [0, 0.05) is 5.39 Å². The monoisotopic (exact) mass is 331 g/mol. The Morgan fingerprint density at radius 2 is 1.72 bits per heavy atom. The lowest BCUT2D eigenvalue weighted by atomic mass is 9.88. The second-order valence-electron chi connectivity index (χ2n) is 6.49. The molecular formula is C22H21NO2. The first-order valence-electron chi connectivity index (χ1n) is 8.82. The van der Waals surface area contributed by atoms with Crippen molar-refractivity contribution < 1.29 is 9.53 Å². The Kier molecular flexibility index (Phi) is 4.38. The lowest BCUT2D eigenvalue weighted by Gasteiger charge is -2.19. The van der Waals surface area contributed by atoms with E-state index in [1.54, 1.807) is 0 Å². The summed E-state index contributed by atoms with van der Waals surface area (Å²) in [6.07, 6.45) is 4.26. The standard InChI is InChI=1S/C22H21NO2/c24-22(23-21-14-6-10-17-8-2-4-13-20(17)21)25-15-18-11-5-9-16-7-1-3-12-19(16)18/h2,4-6,8-11,13-14H,1,3,7,12,15H2,(H,23,24). The fourth-order valence-corrected chi connectivity index (χ4v) is 3.62. The summed E-state index contributed by atoms with van der Waals surface area (Å²) in [5.74, 6) is 0. The minimum absolute atomic E-state index is 0.319. The molecule has 0 bridgehead atoms. The van der Waals surface area contributed by atoms with Crippen LogP contribution in [0, 0.1) is 0 Å². The maximum atomic E-state index is 12.3. The molecule has 3 aromatic rings. The number of amides is 1. The van der Waals surface area contributed by atoms with E-state index in [0.717, 1.165) is 34.9 Å². The van der Waals surface area contributed by atoms with E-state index < -0.39 is 6.09 Å². The van der Waals surface area contributed by atoms with Crippen LogP contribution in [0.25, 0.3) is 10.8 Å². The molecule has 1 amide bonds. The molecular weight excluding hydrogens is 310 g/mol. The van der Waals surface area contributed by atoms with Gasteiger partial charge in [0.05, 0.1) is 5.69 Å². The number of hydrogen-bond donors (Lipinski definition) is 1. The fourth-order valence-electron chi connectivity index (χ4n) is 3.62. The Hall–Kier alpha value is -2.81. The summed E-state index contributed by atoms with van der Waals surface area (Å²) in [7, 11) is 0. The van der Waals surface area contributed by atoms with Gasteiger partial charge in [0.15, 0.2) is 0 Å². The van der Waals surface area contributed by atoms with Gasteiger partial charge in [0.1, 0.15) is 6.61 Å². The molecule has 0 heterocycles. The van der Waals surface area contributed by atoms with Gasteiger partial charge in [-0.15, -0.1) is 0 Å². The van der Waals surface area contributed by atoms with Gasteiger partial charge in [0.2, 0.25) is 0 Å². The fraction of sp³-hybridized carbons (Fsp3) is 0.227. The summed E-state index contributed by atoms with van der Waals surface area (Å²) < 4.78 is 5.50. The first kappa shape index (κ1) is 15.7. The van der Waals surface area contributed by atoms with E-state index in [2.05, 4.69) is 23.5 Å². The molecule has 3 nitrogen and oxygen atoms in total. The summed E-state index contributed by atoms with van der Waals surface area (Å²) >= 11 is 0. The van der Waals surface area contributed by atoms with Gasteiger partial charge in [-0.2, -0.15) is 0 Å². The van der Waals surface area contributed by atoms with Crippen LogP contribution in [0.5, 0.6) is 0 Å². The van der Waals surface area contributed by atoms with E-state index in [-0.39, 0.29) is 0 Å². The molecule has 0 unspecified atom stereocenters. The van der Waals surface area contributed by atoms with Gasteiger partial charge in [-0.1, -0.05) is 54.6 Å². The van der Waals surface area contributed by atoms with Crippen molar-refractivity contribution in [1.82, 2.24) is 0 Å². The molecule has 0 atom stereocenters. The second-order valence-corrected chi connectivity index (χ2v) is 6.49. The number of benzene rings is 3. The van der Waals surface area contributed by atoms with Crippen LogP contribution < -0.4 is 5.32 Å². The molecule has 1 N–H and O–H groups in total. The topological polar surface area (TPSA) is 38.3 Å². The van der Waals surface area contributed by atoms with Gasteiger partial charge in [0.25, 0.3) is 0 Å².